The van der Waals surface area contributed by atoms with Crippen LogP contribution >= 0.6 is 15.9 Å². The minimum atomic E-state index is -4.53. The minimum absolute atomic E-state index is 0.255. The average Bonchev–Trinajstić information content (AvgIpc) is 2.37. The second kappa shape index (κ2) is 5.55. The van der Waals surface area contributed by atoms with Crippen LogP contribution in [0, 0.1) is 12.7 Å². The summed E-state index contributed by atoms with van der Waals surface area (Å²) in [5.41, 5.74) is 6.22. The van der Waals surface area contributed by atoms with E-state index >= 15 is 0 Å². The fourth-order valence-corrected chi connectivity index (χ4v) is 2.20. The Bertz CT molecular complexity index is 683. The van der Waals surface area contributed by atoms with Crippen molar-refractivity contribution in [3.05, 3.63) is 51.7 Å². The van der Waals surface area contributed by atoms with Gasteiger partial charge in [-0.1, -0.05) is 0 Å². The Morgan fingerprint density at radius 2 is 1.76 bits per heavy atom. The molecule has 0 fully saturated rings. The van der Waals surface area contributed by atoms with Crippen LogP contribution in [0.25, 0.3) is 0 Å². The van der Waals surface area contributed by atoms with Gasteiger partial charge in [0.05, 0.1) is 16.9 Å². The largest absolute Gasteiger partial charge is 0.416 e. The Balaban J connectivity index is 2.42. The molecule has 2 aromatic carbocycles. The number of nitrogens with two attached hydrogens (primary N) is 1. The van der Waals surface area contributed by atoms with E-state index in [1.165, 1.54) is 0 Å². The topological polar surface area (TPSA) is 38.0 Å². The molecule has 7 heteroatoms. The van der Waals surface area contributed by atoms with Crippen LogP contribution in [0.3, 0.4) is 0 Å². The van der Waals surface area contributed by atoms with Crippen molar-refractivity contribution in [1.29, 1.82) is 0 Å². The van der Waals surface area contributed by atoms with Crippen molar-refractivity contribution >= 4 is 33.0 Å². The number of hydrogen-bond donors (Lipinski definition) is 2. The summed E-state index contributed by atoms with van der Waals surface area (Å²) in [4.78, 5) is 0. The summed E-state index contributed by atoms with van der Waals surface area (Å²) in [6, 6.07) is 5.43. The molecule has 0 saturated carbocycles. The van der Waals surface area contributed by atoms with Gasteiger partial charge in [0.2, 0.25) is 0 Å². The van der Waals surface area contributed by atoms with Crippen LogP contribution in [-0.4, -0.2) is 0 Å². The monoisotopic (exact) mass is 362 g/mol. The van der Waals surface area contributed by atoms with Gasteiger partial charge in [0.15, 0.2) is 0 Å². The molecular weight excluding hydrogens is 352 g/mol. The van der Waals surface area contributed by atoms with Gasteiger partial charge in [0.25, 0.3) is 0 Å². The van der Waals surface area contributed by atoms with Crippen LogP contribution in [0.2, 0.25) is 0 Å². The normalized spacial score (nSPS) is 11.5. The third kappa shape index (κ3) is 3.47. The first-order valence-electron chi connectivity index (χ1n) is 5.88. The molecule has 2 rings (SSSR count). The smallest absolute Gasteiger partial charge is 0.398 e. The first kappa shape index (κ1) is 15.6. The standard InChI is InChI=1S/C14H11BrF4N2/c1-7-4-12(9(15)6-11(7)20)21-13-5-8(14(17,18)19)2-3-10(13)16/h2-6,21H,20H2,1H3. The Kier molecular flexibility index (Phi) is 4.13. The van der Waals surface area contributed by atoms with Gasteiger partial charge in [-0.15, -0.1) is 0 Å². The average molecular weight is 363 g/mol. The maximum atomic E-state index is 13.7. The first-order chi connectivity index (χ1) is 9.68. The van der Waals surface area contributed by atoms with Crippen molar-refractivity contribution in [3.8, 4) is 0 Å². The van der Waals surface area contributed by atoms with E-state index in [9.17, 15) is 17.6 Å². The van der Waals surface area contributed by atoms with Gasteiger partial charge in [0, 0.05) is 10.2 Å². The molecule has 112 valence electrons. The number of aryl methyl sites for hydroxylation is 1. The third-order valence-corrected chi connectivity index (χ3v) is 3.57. The fourth-order valence-electron chi connectivity index (χ4n) is 1.74. The molecule has 0 spiro atoms. The van der Waals surface area contributed by atoms with Crippen molar-refractivity contribution in [2.75, 3.05) is 11.1 Å². The number of anilines is 3. The molecule has 0 aromatic heterocycles. The summed E-state index contributed by atoms with van der Waals surface area (Å²) >= 11 is 3.23. The zero-order valence-electron chi connectivity index (χ0n) is 10.9. The zero-order valence-corrected chi connectivity index (χ0v) is 12.4. The number of benzene rings is 2. The van der Waals surface area contributed by atoms with Gasteiger partial charge >= 0.3 is 6.18 Å². The second-order valence-corrected chi connectivity index (χ2v) is 5.36. The van der Waals surface area contributed by atoms with Crippen LogP contribution in [0.5, 0.6) is 0 Å². The van der Waals surface area contributed by atoms with Crippen molar-refractivity contribution in [2.45, 2.75) is 13.1 Å². The molecule has 0 bridgehead atoms. The highest BCUT2D eigenvalue weighted by atomic mass is 79.9. The Labute approximate surface area is 127 Å². The van der Waals surface area contributed by atoms with E-state index in [-0.39, 0.29) is 5.69 Å². The van der Waals surface area contributed by atoms with E-state index in [4.69, 9.17) is 5.73 Å². The van der Waals surface area contributed by atoms with Crippen molar-refractivity contribution in [3.63, 3.8) is 0 Å². The zero-order chi connectivity index (χ0) is 15.8. The van der Waals surface area contributed by atoms with Crippen LogP contribution in [0.4, 0.5) is 34.6 Å². The summed E-state index contributed by atoms with van der Waals surface area (Å²) in [6.45, 7) is 1.75. The quantitative estimate of drug-likeness (QED) is 0.566. The van der Waals surface area contributed by atoms with Crippen LogP contribution < -0.4 is 11.1 Å². The molecule has 2 nitrogen and oxygen atoms in total. The van der Waals surface area contributed by atoms with Gasteiger partial charge in [-0.25, -0.2) is 4.39 Å². The van der Waals surface area contributed by atoms with Gasteiger partial charge in [-0.3, -0.25) is 0 Å². The Hall–Kier alpha value is -1.76. The molecule has 3 N–H and O–H groups in total. The highest BCUT2D eigenvalue weighted by Crippen LogP contribution is 2.35. The highest BCUT2D eigenvalue weighted by Gasteiger charge is 2.31. The lowest BCUT2D eigenvalue weighted by Crippen LogP contribution is -2.06. The molecule has 0 atom stereocenters. The molecule has 0 aliphatic heterocycles. The lowest BCUT2D eigenvalue weighted by molar-refractivity contribution is -0.137. The molecule has 0 heterocycles. The number of nitrogen functional groups attached to an aromatic ring is 1. The fraction of sp³-hybridized carbons (Fsp3) is 0.143. The molecule has 0 aliphatic rings. The lowest BCUT2D eigenvalue weighted by atomic mass is 10.1. The minimum Gasteiger partial charge on any atom is -0.398 e. The number of alkyl halides is 3. The highest BCUT2D eigenvalue weighted by molar-refractivity contribution is 9.10. The van der Waals surface area contributed by atoms with Crippen LogP contribution in [-0.2, 0) is 6.18 Å². The van der Waals surface area contributed by atoms with E-state index in [1.807, 2.05) is 0 Å². The first-order valence-corrected chi connectivity index (χ1v) is 6.67. The molecule has 0 amide bonds. The molecule has 2 aromatic rings. The number of nitrogens with one attached hydrogen (secondary N) is 1. The van der Waals surface area contributed by atoms with Crippen molar-refractivity contribution in [2.24, 2.45) is 0 Å². The van der Waals surface area contributed by atoms with E-state index in [2.05, 4.69) is 21.2 Å². The van der Waals surface area contributed by atoms with E-state index in [1.54, 1.807) is 19.1 Å². The maximum absolute atomic E-state index is 13.7. The molecule has 0 saturated heterocycles. The SMILES string of the molecule is Cc1cc(Nc2cc(C(F)(F)F)ccc2F)c(Br)cc1N. The summed E-state index contributed by atoms with van der Waals surface area (Å²) in [5.74, 6) is -0.774. The summed E-state index contributed by atoms with van der Waals surface area (Å²) in [7, 11) is 0. The summed E-state index contributed by atoms with van der Waals surface area (Å²) in [5, 5.41) is 2.64. The Morgan fingerprint density at radius 3 is 2.38 bits per heavy atom. The molecule has 0 radical (unpaired) electrons. The van der Waals surface area contributed by atoms with Crippen LogP contribution in [0.15, 0.2) is 34.8 Å². The maximum Gasteiger partial charge on any atom is 0.416 e. The molecule has 0 unspecified atom stereocenters. The third-order valence-electron chi connectivity index (χ3n) is 2.92. The number of hydrogen-bond acceptors (Lipinski definition) is 2. The van der Waals surface area contributed by atoms with Crippen molar-refractivity contribution in [1.82, 2.24) is 0 Å². The van der Waals surface area contributed by atoms with Crippen molar-refractivity contribution < 1.29 is 17.6 Å². The van der Waals surface area contributed by atoms with E-state index in [0.29, 0.717) is 21.9 Å². The molecule has 0 aliphatic carbocycles. The molecular formula is C14H11BrF4N2. The number of halogens is 5. The predicted molar refractivity (Wildman–Crippen MR) is 78.0 cm³/mol. The number of rotatable bonds is 2. The Morgan fingerprint density at radius 1 is 1.10 bits per heavy atom. The van der Waals surface area contributed by atoms with E-state index in [0.717, 1.165) is 17.7 Å². The van der Waals surface area contributed by atoms with E-state index < -0.39 is 17.6 Å². The summed E-state index contributed by atoms with van der Waals surface area (Å²) < 4.78 is 52.2. The summed E-state index contributed by atoms with van der Waals surface area (Å²) in [6.07, 6.45) is -4.53. The predicted octanol–water partition coefficient (Wildman–Crippen LogP) is 5.24. The van der Waals surface area contributed by atoms with Gasteiger partial charge < -0.3 is 11.1 Å². The van der Waals surface area contributed by atoms with Crippen LogP contribution in [0.1, 0.15) is 11.1 Å². The van der Waals surface area contributed by atoms with Gasteiger partial charge in [-0.05, 0) is 58.7 Å². The molecule has 21 heavy (non-hydrogen) atoms. The second-order valence-electron chi connectivity index (χ2n) is 4.51. The van der Waals surface area contributed by atoms with Gasteiger partial charge in [-0.2, -0.15) is 13.2 Å². The van der Waals surface area contributed by atoms with Gasteiger partial charge in [0.1, 0.15) is 5.82 Å². The lowest BCUT2D eigenvalue weighted by Gasteiger charge is -2.14.